The third-order valence-electron chi connectivity index (χ3n) is 5.40. The molecule has 3 atom stereocenters. The average molecular weight is 375 g/mol. The van der Waals surface area contributed by atoms with E-state index in [1.54, 1.807) is 0 Å². The van der Waals surface area contributed by atoms with Crippen LogP contribution in [0.5, 0.6) is 0 Å². The van der Waals surface area contributed by atoms with Gasteiger partial charge in [0.05, 0.1) is 12.7 Å². The van der Waals surface area contributed by atoms with E-state index in [9.17, 15) is 0 Å². The second-order valence-electron chi connectivity index (χ2n) is 7.70. The third-order valence-corrected chi connectivity index (χ3v) is 5.40. The Balaban J connectivity index is 1.55. The molecule has 2 aliphatic heterocycles. The first kappa shape index (κ1) is 20.0. The molecule has 2 saturated heterocycles. The van der Waals surface area contributed by atoms with E-state index in [0.717, 1.165) is 57.3 Å². The van der Waals surface area contributed by atoms with Crippen molar-refractivity contribution in [2.24, 2.45) is 10.9 Å². The largest absolute Gasteiger partial charge is 0.380 e. The molecule has 0 saturated carbocycles. The molecule has 1 aromatic rings. The molecule has 6 heteroatoms. The fraction of sp³-hybridized carbons (Fsp3) is 0.667. The van der Waals surface area contributed by atoms with Gasteiger partial charge < -0.3 is 25.0 Å². The van der Waals surface area contributed by atoms with Crippen molar-refractivity contribution in [2.75, 3.05) is 45.2 Å². The predicted octanol–water partition coefficient (Wildman–Crippen LogP) is 2.58. The molecule has 2 N–H and O–H groups in total. The van der Waals surface area contributed by atoms with Gasteiger partial charge in [0, 0.05) is 45.0 Å². The van der Waals surface area contributed by atoms with Gasteiger partial charge >= 0.3 is 0 Å². The van der Waals surface area contributed by atoms with Crippen LogP contribution in [-0.2, 0) is 9.47 Å². The van der Waals surface area contributed by atoms with E-state index in [1.165, 1.54) is 0 Å². The van der Waals surface area contributed by atoms with E-state index < -0.39 is 0 Å². The predicted molar refractivity (Wildman–Crippen MR) is 110 cm³/mol. The minimum absolute atomic E-state index is 0.142. The van der Waals surface area contributed by atoms with E-state index >= 15 is 0 Å². The molecule has 6 nitrogen and oxygen atoms in total. The first-order valence-corrected chi connectivity index (χ1v) is 10.2. The van der Waals surface area contributed by atoms with Gasteiger partial charge in [0.25, 0.3) is 0 Å². The van der Waals surface area contributed by atoms with Crippen LogP contribution < -0.4 is 10.6 Å². The number of ether oxygens (including phenoxy) is 2. The number of morpholine rings is 1. The molecule has 0 bridgehead atoms. The number of nitrogens with one attached hydrogen (secondary N) is 2. The quantitative estimate of drug-likeness (QED) is 0.592. The molecular weight excluding hydrogens is 340 g/mol. The van der Waals surface area contributed by atoms with Crippen molar-refractivity contribution >= 4 is 11.6 Å². The number of rotatable bonds is 6. The zero-order valence-electron chi connectivity index (χ0n) is 16.9. The number of benzene rings is 1. The zero-order chi connectivity index (χ0) is 19.1. The van der Waals surface area contributed by atoms with E-state index in [-0.39, 0.29) is 12.2 Å². The highest BCUT2D eigenvalue weighted by atomic mass is 16.5. The lowest BCUT2D eigenvalue weighted by Crippen LogP contribution is -2.54. The van der Waals surface area contributed by atoms with Crippen LogP contribution in [0.1, 0.15) is 26.7 Å². The normalized spacial score (nSPS) is 24.9. The van der Waals surface area contributed by atoms with Crippen molar-refractivity contribution in [3.63, 3.8) is 0 Å². The maximum atomic E-state index is 5.97. The van der Waals surface area contributed by atoms with Crippen LogP contribution in [0.2, 0.25) is 0 Å². The topological polar surface area (TPSA) is 58.1 Å². The molecule has 0 spiro atoms. The van der Waals surface area contributed by atoms with Crippen molar-refractivity contribution in [2.45, 2.75) is 44.9 Å². The Morgan fingerprint density at radius 3 is 2.63 bits per heavy atom. The first-order chi connectivity index (χ1) is 13.2. The number of guanidine groups is 1. The highest BCUT2D eigenvalue weighted by Crippen LogP contribution is 2.21. The molecule has 0 aliphatic carbocycles. The van der Waals surface area contributed by atoms with Crippen molar-refractivity contribution in [1.29, 1.82) is 0 Å². The highest BCUT2D eigenvalue weighted by Gasteiger charge is 2.32. The fourth-order valence-corrected chi connectivity index (χ4v) is 3.72. The van der Waals surface area contributed by atoms with Gasteiger partial charge in [-0.25, -0.2) is 0 Å². The molecule has 0 amide bonds. The summed E-state index contributed by atoms with van der Waals surface area (Å²) in [5.41, 5.74) is 1.15. The van der Waals surface area contributed by atoms with E-state index in [1.807, 2.05) is 13.1 Å². The second kappa shape index (κ2) is 9.95. The Morgan fingerprint density at radius 1 is 1.19 bits per heavy atom. The van der Waals surface area contributed by atoms with Crippen molar-refractivity contribution in [3.05, 3.63) is 30.3 Å². The fourth-order valence-electron chi connectivity index (χ4n) is 3.72. The summed E-state index contributed by atoms with van der Waals surface area (Å²) in [7, 11) is 1.86. The number of para-hydroxylation sites is 1. The van der Waals surface area contributed by atoms with Crippen LogP contribution in [0, 0.1) is 5.92 Å². The molecule has 150 valence electrons. The summed E-state index contributed by atoms with van der Waals surface area (Å²) < 4.78 is 11.8. The molecular formula is C21H34N4O2. The maximum Gasteiger partial charge on any atom is 0.193 e. The van der Waals surface area contributed by atoms with Crippen LogP contribution >= 0.6 is 0 Å². The smallest absolute Gasteiger partial charge is 0.193 e. The van der Waals surface area contributed by atoms with Gasteiger partial charge in [-0.2, -0.15) is 0 Å². The van der Waals surface area contributed by atoms with E-state index in [0.29, 0.717) is 12.0 Å². The van der Waals surface area contributed by atoms with Crippen LogP contribution in [0.15, 0.2) is 35.3 Å². The van der Waals surface area contributed by atoms with Gasteiger partial charge in [0.15, 0.2) is 5.96 Å². The van der Waals surface area contributed by atoms with Gasteiger partial charge in [0.1, 0.15) is 6.10 Å². The Kier molecular flexibility index (Phi) is 7.35. The van der Waals surface area contributed by atoms with Crippen LogP contribution in [-0.4, -0.2) is 69.0 Å². The molecule has 2 fully saturated rings. The molecule has 2 heterocycles. The summed E-state index contributed by atoms with van der Waals surface area (Å²) in [4.78, 5) is 6.82. The molecule has 27 heavy (non-hydrogen) atoms. The number of hydrogen-bond donors (Lipinski definition) is 2. The van der Waals surface area contributed by atoms with Gasteiger partial charge in [-0.05, 0) is 30.9 Å². The number of hydrogen-bond acceptors (Lipinski definition) is 4. The third kappa shape index (κ3) is 5.59. The van der Waals surface area contributed by atoms with Gasteiger partial charge in [-0.3, -0.25) is 4.99 Å². The van der Waals surface area contributed by atoms with Crippen molar-refractivity contribution < 1.29 is 9.47 Å². The summed E-state index contributed by atoms with van der Waals surface area (Å²) in [6, 6.07) is 10.7. The summed E-state index contributed by atoms with van der Waals surface area (Å²) >= 11 is 0. The molecule has 0 radical (unpaired) electrons. The lowest BCUT2D eigenvalue weighted by Gasteiger charge is -2.37. The SMILES string of the molecule is CN=C(NCC(Nc1ccccc1)C(C)C)N1CCOC(C2CCCO2)C1. The second-order valence-corrected chi connectivity index (χ2v) is 7.70. The van der Waals surface area contributed by atoms with Crippen molar-refractivity contribution in [1.82, 2.24) is 10.2 Å². The Bertz CT molecular complexity index is 587. The summed E-state index contributed by atoms with van der Waals surface area (Å²) in [5.74, 6) is 1.45. The van der Waals surface area contributed by atoms with Gasteiger partial charge in [0.2, 0.25) is 0 Å². The standard InChI is InChI=1S/C21H34N4O2/c1-16(2)18(24-17-8-5-4-6-9-17)14-23-21(22-3)25-11-13-27-20(15-25)19-10-7-12-26-19/h4-6,8-9,16,18-20,24H,7,10-15H2,1-3H3,(H,22,23). The minimum atomic E-state index is 0.142. The van der Waals surface area contributed by atoms with E-state index in [2.05, 4.69) is 58.6 Å². The molecule has 0 aromatic heterocycles. The van der Waals surface area contributed by atoms with Gasteiger partial charge in [-0.15, -0.1) is 0 Å². The average Bonchev–Trinajstić information content (AvgIpc) is 3.23. The minimum Gasteiger partial charge on any atom is -0.380 e. The molecule has 2 aliphatic rings. The van der Waals surface area contributed by atoms with Crippen LogP contribution in [0.3, 0.4) is 0 Å². The van der Waals surface area contributed by atoms with Crippen LogP contribution in [0.25, 0.3) is 0 Å². The number of aliphatic imine (C=N–C) groups is 1. The van der Waals surface area contributed by atoms with Crippen LogP contribution in [0.4, 0.5) is 5.69 Å². The lowest BCUT2D eigenvalue weighted by atomic mass is 10.0. The van der Waals surface area contributed by atoms with Gasteiger partial charge in [-0.1, -0.05) is 32.0 Å². The summed E-state index contributed by atoms with van der Waals surface area (Å²) in [6.45, 7) is 8.59. The molecule has 1 aromatic carbocycles. The Labute approximate surface area is 163 Å². The zero-order valence-corrected chi connectivity index (χ0v) is 16.9. The Hall–Kier alpha value is -1.79. The lowest BCUT2D eigenvalue weighted by molar-refractivity contribution is -0.0817. The summed E-state index contributed by atoms with van der Waals surface area (Å²) in [6.07, 6.45) is 2.61. The highest BCUT2D eigenvalue weighted by molar-refractivity contribution is 5.80. The number of anilines is 1. The number of nitrogens with zero attached hydrogens (tertiary/aromatic N) is 2. The first-order valence-electron chi connectivity index (χ1n) is 10.2. The van der Waals surface area contributed by atoms with Crippen molar-refractivity contribution in [3.8, 4) is 0 Å². The Morgan fingerprint density at radius 2 is 1.96 bits per heavy atom. The molecule has 3 rings (SSSR count). The van der Waals surface area contributed by atoms with E-state index in [4.69, 9.17) is 9.47 Å². The monoisotopic (exact) mass is 374 g/mol. The summed E-state index contributed by atoms with van der Waals surface area (Å²) in [5, 5.41) is 7.20. The molecule has 3 unspecified atom stereocenters. The maximum absolute atomic E-state index is 5.97.